The second-order valence-electron chi connectivity index (χ2n) is 7.63. The lowest BCUT2D eigenvalue weighted by Crippen LogP contribution is -2.28. The van der Waals surface area contributed by atoms with Gasteiger partial charge in [0.15, 0.2) is 4.80 Å². The van der Waals surface area contributed by atoms with Crippen LogP contribution in [0.5, 0.6) is 0 Å². The highest BCUT2D eigenvalue weighted by Gasteiger charge is 2.35. The molecule has 1 amide bonds. The molecule has 4 rings (SSSR count). The van der Waals surface area contributed by atoms with E-state index in [0.717, 1.165) is 24.2 Å². The Morgan fingerprint density at radius 3 is 2.58 bits per heavy atom. The van der Waals surface area contributed by atoms with Crippen molar-refractivity contribution in [2.75, 3.05) is 20.8 Å². The molecule has 0 bridgehead atoms. The van der Waals surface area contributed by atoms with Gasteiger partial charge in [0.1, 0.15) is 0 Å². The monoisotopic (exact) mass is 490 g/mol. The zero-order valence-corrected chi connectivity index (χ0v) is 19.6. The van der Waals surface area contributed by atoms with E-state index in [1.54, 1.807) is 24.8 Å². The molecule has 1 aliphatic rings. The molecular formula is C21H22N4O6S2. The number of thiazole rings is 1. The number of sulfonamides is 1. The molecule has 1 saturated carbocycles. The van der Waals surface area contributed by atoms with E-state index >= 15 is 0 Å². The summed E-state index contributed by atoms with van der Waals surface area (Å²) in [5.41, 5.74) is 0.900. The summed E-state index contributed by atoms with van der Waals surface area (Å²) in [5.74, 6) is -0.540. The van der Waals surface area contributed by atoms with Crippen molar-refractivity contribution in [2.24, 2.45) is 4.99 Å². The van der Waals surface area contributed by atoms with Crippen LogP contribution in [0.2, 0.25) is 0 Å². The Morgan fingerprint density at radius 1 is 1.27 bits per heavy atom. The average molecular weight is 491 g/mol. The molecule has 0 aliphatic heterocycles. The van der Waals surface area contributed by atoms with Gasteiger partial charge >= 0.3 is 0 Å². The Balaban J connectivity index is 1.68. The number of aromatic nitrogens is 1. The summed E-state index contributed by atoms with van der Waals surface area (Å²) in [5, 5.41) is 11.1. The van der Waals surface area contributed by atoms with Crippen molar-refractivity contribution in [3.05, 3.63) is 62.9 Å². The number of benzene rings is 2. The predicted octanol–water partition coefficient (Wildman–Crippen LogP) is 2.78. The number of amides is 1. The number of ether oxygens (including phenoxy) is 1. The third-order valence-electron chi connectivity index (χ3n) is 5.43. The molecule has 0 radical (unpaired) electrons. The SMILES string of the molecule is COCCn1c(=NC(=O)c2ccc(S(=O)(=O)N(C)C3CC3)cc2)sc2cc([N+](=O)[O-])ccc21. The molecule has 0 N–H and O–H groups in total. The molecule has 3 aromatic rings. The predicted molar refractivity (Wildman–Crippen MR) is 123 cm³/mol. The first-order valence-corrected chi connectivity index (χ1v) is 12.4. The number of hydrogen-bond acceptors (Lipinski definition) is 7. The van der Waals surface area contributed by atoms with Gasteiger partial charge in [-0.2, -0.15) is 9.30 Å². The molecule has 174 valence electrons. The average Bonchev–Trinajstić information content (AvgIpc) is 3.59. The lowest BCUT2D eigenvalue weighted by Gasteiger charge is -2.16. The molecule has 1 aliphatic carbocycles. The fraction of sp³-hybridized carbons (Fsp3) is 0.333. The largest absolute Gasteiger partial charge is 0.383 e. The summed E-state index contributed by atoms with van der Waals surface area (Å²) in [6, 6.07) is 10.2. The molecular weight excluding hydrogens is 468 g/mol. The normalized spacial score (nSPS) is 14.8. The van der Waals surface area contributed by atoms with Crippen molar-refractivity contribution in [3.8, 4) is 0 Å². The van der Waals surface area contributed by atoms with Gasteiger partial charge in [0.2, 0.25) is 10.0 Å². The Bertz CT molecular complexity index is 1390. The molecule has 33 heavy (non-hydrogen) atoms. The van der Waals surface area contributed by atoms with Crippen molar-refractivity contribution in [3.63, 3.8) is 0 Å². The molecule has 1 heterocycles. The van der Waals surface area contributed by atoms with E-state index in [4.69, 9.17) is 4.74 Å². The minimum absolute atomic E-state index is 0.0395. The first-order valence-electron chi connectivity index (χ1n) is 10.2. The zero-order chi connectivity index (χ0) is 23.8. The van der Waals surface area contributed by atoms with Crippen LogP contribution >= 0.6 is 11.3 Å². The second-order valence-corrected chi connectivity index (χ2v) is 10.6. The maximum Gasteiger partial charge on any atom is 0.279 e. The molecule has 1 fully saturated rings. The van der Waals surface area contributed by atoms with E-state index < -0.39 is 20.9 Å². The van der Waals surface area contributed by atoms with Gasteiger partial charge in [-0.15, -0.1) is 0 Å². The first-order chi connectivity index (χ1) is 15.7. The van der Waals surface area contributed by atoms with Crippen LogP contribution in [0.4, 0.5) is 5.69 Å². The Labute approximate surface area is 193 Å². The number of methoxy groups -OCH3 is 1. The molecule has 0 spiro atoms. The second kappa shape index (κ2) is 9.14. The van der Waals surface area contributed by atoms with Gasteiger partial charge in [-0.05, 0) is 43.2 Å². The lowest BCUT2D eigenvalue weighted by molar-refractivity contribution is -0.384. The lowest BCUT2D eigenvalue weighted by atomic mass is 10.2. The first kappa shape index (κ1) is 23.2. The summed E-state index contributed by atoms with van der Waals surface area (Å²) in [6.45, 7) is 0.774. The van der Waals surface area contributed by atoms with Crippen molar-refractivity contribution >= 4 is 43.2 Å². The number of nitro groups is 1. The van der Waals surface area contributed by atoms with Gasteiger partial charge < -0.3 is 9.30 Å². The Kier molecular flexibility index (Phi) is 6.43. The topological polar surface area (TPSA) is 124 Å². The van der Waals surface area contributed by atoms with Crippen LogP contribution in [0.3, 0.4) is 0 Å². The summed E-state index contributed by atoms with van der Waals surface area (Å²) >= 11 is 1.16. The van der Waals surface area contributed by atoms with E-state index in [1.165, 1.54) is 40.7 Å². The maximum atomic E-state index is 12.8. The van der Waals surface area contributed by atoms with E-state index in [1.807, 2.05) is 0 Å². The quantitative estimate of drug-likeness (QED) is 0.353. The van der Waals surface area contributed by atoms with E-state index in [9.17, 15) is 23.3 Å². The van der Waals surface area contributed by atoms with Crippen LogP contribution < -0.4 is 4.80 Å². The van der Waals surface area contributed by atoms with Crippen molar-refractivity contribution in [1.29, 1.82) is 0 Å². The van der Waals surface area contributed by atoms with Crippen molar-refractivity contribution in [1.82, 2.24) is 8.87 Å². The number of non-ortho nitro benzene ring substituents is 1. The van der Waals surface area contributed by atoms with Crippen LogP contribution in [0.15, 0.2) is 52.4 Å². The van der Waals surface area contributed by atoms with Crippen molar-refractivity contribution < 1.29 is 22.9 Å². The Morgan fingerprint density at radius 2 is 1.97 bits per heavy atom. The van der Waals surface area contributed by atoms with Gasteiger partial charge in [0.25, 0.3) is 11.6 Å². The van der Waals surface area contributed by atoms with E-state index in [2.05, 4.69) is 4.99 Å². The standard InChI is InChI=1S/C21H22N4O6S2/c1-23(15-5-6-15)33(29,30)17-8-3-14(4-9-17)20(26)22-21-24(11-12-31-2)18-10-7-16(25(27)28)13-19(18)32-21/h3-4,7-10,13,15H,5-6,11-12H2,1-2H3. The third-order valence-corrected chi connectivity index (χ3v) is 8.40. The fourth-order valence-corrected chi connectivity index (χ4v) is 5.88. The third kappa shape index (κ3) is 4.74. The molecule has 0 saturated heterocycles. The highest BCUT2D eigenvalue weighted by molar-refractivity contribution is 7.89. The zero-order valence-electron chi connectivity index (χ0n) is 18.0. The van der Waals surface area contributed by atoms with Gasteiger partial charge in [-0.1, -0.05) is 11.3 Å². The summed E-state index contributed by atoms with van der Waals surface area (Å²) in [4.78, 5) is 28.2. The molecule has 0 unspecified atom stereocenters. The molecule has 12 heteroatoms. The van der Waals surface area contributed by atoms with E-state index in [0.29, 0.717) is 28.2 Å². The highest BCUT2D eigenvalue weighted by Crippen LogP contribution is 2.30. The number of rotatable bonds is 8. The van der Waals surface area contributed by atoms with Gasteiger partial charge in [0, 0.05) is 44.4 Å². The van der Waals surface area contributed by atoms with Crippen LogP contribution in [0.1, 0.15) is 23.2 Å². The molecule has 0 atom stereocenters. The Hall–Kier alpha value is -2.93. The van der Waals surface area contributed by atoms with Gasteiger partial charge in [0.05, 0.1) is 26.6 Å². The highest BCUT2D eigenvalue weighted by atomic mass is 32.2. The minimum Gasteiger partial charge on any atom is -0.383 e. The van der Waals surface area contributed by atoms with Crippen LogP contribution in [0, 0.1) is 10.1 Å². The summed E-state index contributed by atoms with van der Waals surface area (Å²) < 4.78 is 34.2. The molecule has 10 nitrogen and oxygen atoms in total. The smallest absolute Gasteiger partial charge is 0.279 e. The van der Waals surface area contributed by atoms with Crippen LogP contribution in [0.25, 0.3) is 10.2 Å². The van der Waals surface area contributed by atoms with Crippen molar-refractivity contribution in [2.45, 2.75) is 30.3 Å². The molecule has 2 aromatic carbocycles. The number of carbonyl (C=O) groups is 1. The van der Waals surface area contributed by atoms with Crippen LogP contribution in [-0.2, 0) is 21.3 Å². The number of nitro benzene ring substituents is 1. The van der Waals surface area contributed by atoms with Gasteiger partial charge in [-0.3, -0.25) is 14.9 Å². The molecule has 1 aromatic heterocycles. The van der Waals surface area contributed by atoms with Crippen LogP contribution in [-0.4, -0.2) is 54.9 Å². The maximum absolute atomic E-state index is 12.8. The minimum atomic E-state index is -3.60. The van der Waals surface area contributed by atoms with Gasteiger partial charge in [-0.25, -0.2) is 8.42 Å². The fourth-order valence-electron chi connectivity index (χ4n) is 3.38. The van der Waals surface area contributed by atoms with E-state index in [-0.39, 0.29) is 22.2 Å². The number of hydrogen-bond donors (Lipinski definition) is 0. The number of fused-ring (bicyclic) bond motifs is 1. The number of carbonyl (C=O) groups excluding carboxylic acids is 1. The summed E-state index contributed by atoms with van der Waals surface area (Å²) in [7, 11) is -0.487. The summed E-state index contributed by atoms with van der Waals surface area (Å²) in [6.07, 6.45) is 1.71. The number of nitrogens with zero attached hydrogens (tertiary/aromatic N) is 4.